The van der Waals surface area contributed by atoms with Crippen LogP contribution in [0.15, 0.2) is 0 Å². The number of hydrogen-bond acceptors (Lipinski definition) is 4. The number of rotatable bonds is 0. The average Bonchev–Trinajstić information content (AvgIpc) is 2.12. The normalized spacial score (nSPS) is 45.0. The molecule has 4 heteroatoms. The van der Waals surface area contributed by atoms with Gasteiger partial charge in [-0.3, -0.25) is 10.7 Å². The van der Waals surface area contributed by atoms with Crippen LogP contribution >= 0.6 is 11.8 Å². The van der Waals surface area contributed by atoms with Crippen LogP contribution in [0.1, 0.15) is 0 Å². The smallest absolute Gasteiger partial charge is 0.118 e. The third kappa shape index (κ3) is 0.735. The number of fused-ring (bicyclic) bond motifs is 2. The molecule has 2 rings (SSSR count). The Bertz CT molecular complexity index is 83.3. The SMILES string of the molecule is C1NNC2NC1CS2. The van der Waals surface area contributed by atoms with Crippen molar-refractivity contribution in [2.45, 2.75) is 11.5 Å². The molecule has 3 nitrogen and oxygen atoms in total. The first-order chi connectivity index (χ1) is 3.95. The minimum absolute atomic E-state index is 0.466. The van der Waals surface area contributed by atoms with Gasteiger partial charge in [-0.25, -0.2) is 5.43 Å². The Hall–Kier alpha value is 0.230. The lowest BCUT2D eigenvalue weighted by Crippen LogP contribution is -2.56. The maximum absolute atomic E-state index is 3.38. The van der Waals surface area contributed by atoms with Crippen LogP contribution in [0.5, 0.6) is 0 Å². The monoisotopic (exact) mass is 131 g/mol. The molecule has 2 aliphatic heterocycles. The van der Waals surface area contributed by atoms with Crippen molar-refractivity contribution in [2.24, 2.45) is 0 Å². The highest BCUT2D eigenvalue weighted by Crippen LogP contribution is 2.17. The van der Waals surface area contributed by atoms with E-state index >= 15 is 0 Å². The van der Waals surface area contributed by atoms with E-state index in [0.29, 0.717) is 11.5 Å². The molecule has 0 saturated carbocycles. The second kappa shape index (κ2) is 1.88. The van der Waals surface area contributed by atoms with Crippen molar-refractivity contribution in [2.75, 3.05) is 12.3 Å². The Labute approximate surface area is 52.6 Å². The van der Waals surface area contributed by atoms with E-state index in [1.807, 2.05) is 11.8 Å². The summed E-state index contributed by atoms with van der Waals surface area (Å²) in [6, 6.07) is 0.700. The Morgan fingerprint density at radius 3 is 3.25 bits per heavy atom. The van der Waals surface area contributed by atoms with Gasteiger partial charge in [-0.05, 0) is 0 Å². The molecule has 2 bridgehead atoms. The van der Waals surface area contributed by atoms with Gasteiger partial charge in [-0.15, -0.1) is 11.8 Å². The molecule has 0 aromatic heterocycles. The quantitative estimate of drug-likeness (QED) is 0.397. The third-order valence-electron chi connectivity index (χ3n) is 1.43. The molecule has 8 heavy (non-hydrogen) atoms. The van der Waals surface area contributed by atoms with E-state index in [-0.39, 0.29) is 0 Å². The molecular formula is C4H9N3S. The van der Waals surface area contributed by atoms with Crippen molar-refractivity contribution in [3.63, 3.8) is 0 Å². The molecule has 0 spiro atoms. The van der Waals surface area contributed by atoms with Crippen LogP contribution in [0.4, 0.5) is 0 Å². The Balaban J connectivity index is 2.03. The summed E-state index contributed by atoms with van der Waals surface area (Å²) in [5, 5.41) is 3.38. The van der Waals surface area contributed by atoms with E-state index in [0.717, 1.165) is 6.54 Å². The Kier molecular flexibility index (Phi) is 1.18. The standard InChI is InChI=1S/C4H9N3S/c1-3-2-8-4(6-3)7-5-1/h3-7H,1-2H2. The molecule has 2 unspecified atom stereocenters. The van der Waals surface area contributed by atoms with Crippen molar-refractivity contribution in [3.05, 3.63) is 0 Å². The van der Waals surface area contributed by atoms with Gasteiger partial charge in [-0.1, -0.05) is 0 Å². The molecule has 2 heterocycles. The van der Waals surface area contributed by atoms with Crippen LogP contribution in [0.25, 0.3) is 0 Å². The number of thioether (sulfide) groups is 1. The van der Waals surface area contributed by atoms with Crippen LogP contribution in [-0.2, 0) is 0 Å². The van der Waals surface area contributed by atoms with Crippen molar-refractivity contribution >= 4 is 11.8 Å². The summed E-state index contributed by atoms with van der Waals surface area (Å²) in [7, 11) is 0. The van der Waals surface area contributed by atoms with Gasteiger partial charge < -0.3 is 0 Å². The molecule has 0 amide bonds. The maximum atomic E-state index is 3.38. The first-order valence-corrected chi connectivity index (χ1v) is 3.86. The maximum Gasteiger partial charge on any atom is 0.118 e. The van der Waals surface area contributed by atoms with Gasteiger partial charge in [0, 0.05) is 18.3 Å². The topological polar surface area (TPSA) is 36.1 Å². The minimum Gasteiger partial charge on any atom is -0.287 e. The van der Waals surface area contributed by atoms with Gasteiger partial charge >= 0.3 is 0 Å². The molecule has 0 aromatic carbocycles. The summed E-state index contributed by atoms with van der Waals surface area (Å²) in [5.74, 6) is 1.24. The van der Waals surface area contributed by atoms with Crippen LogP contribution < -0.4 is 16.2 Å². The molecule has 0 radical (unpaired) electrons. The van der Waals surface area contributed by atoms with Crippen molar-refractivity contribution < 1.29 is 0 Å². The Morgan fingerprint density at radius 1 is 1.50 bits per heavy atom. The van der Waals surface area contributed by atoms with E-state index in [1.54, 1.807) is 0 Å². The molecular weight excluding hydrogens is 122 g/mol. The first-order valence-electron chi connectivity index (χ1n) is 2.81. The zero-order valence-corrected chi connectivity index (χ0v) is 5.29. The van der Waals surface area contributed by atoms with Crippen LogP contribution in [0.2, 0.25) is 0 Å². The van der Waals surface area contributed by atoms with E-state index in [2.05, 4.69) is 16.2 Å². The van der Waals surface area contributed by atoms with Crippen molar-refractivity contribution in [1.82, 2.24) is 16.2 Å². The van der Waals surface area contributed by atoms with Gasteiger partial charge in [0.15, 0.2) is 0 Å². The van der Waals surface area contributed by atoms with E-state index < -0.39 is 0 Å². The van der Waals surface area contributed by atoms with E-state index in [1.165, 1.54) is 5.75 Å². The summed E-state index contributed by atoms with van der Waals surface area (Å²) >= 11 is 1.93. The number of nitrogens with one attached hydrogen (secondary N) is 3. The molecule has 0 aromatic rings. The van der Waals surface area contributed by atoms with Gasteiger partial charge in [0.25, 0.3) is 0 Å². The highest BCUT2D eigenvalue weighted by molar-refractivity contribution is 8.00. The van der Waals surface area contributed by atoms with Crippen LogP contribution in [0, 0.1) is 0 Å². The van der Waals surface area contributed by atoms with Gasteiger partial charge in [0.05, 0.1) is 0 Å². The van der Waals surface area contributed by atoms with Crippen LogP contribution in [-0.4, -0.2) is 23.8 Å². The fourth-order valence-electron chi connectivity index (χ4n) is 0.999. The second-order valence-corrected chi connectivity index (χ2v) is 3.24. The average molecular weight is 131 g/mol. The zero-order valence-electron chi connectivity index (χ0n) is 4.48. The Morgan fingerprint density at radius 2 is 2.50 bits per heavy atom. The summed E-state index contributed by atoms with van der Waals surface area (Å²) in [6.45, 7) is 1.06. The van der Waals surface area contributed by atoms with Crippen LogP contribution in [0.3, 0.4) is 0 Å². The predicted molar refractivity (Wildman–Crippen MR) is 34.3 cm³/mol. The fourth-order valence-corrected chi connectivity index (χ4v) is 2.09. The summed E-state index contributed by atoms with van der Waals surface area (Å²) in [4.78, 5) is 0. The lowest BCUT2D eigenvalue weighted by molar-refractivity contribution is 0.359. The van der Waals surface area contributed by atoms with Gasteiger partial charge in [0.1, 0.15) is 5.50 Å². The minimum atomic E-state index is 0.466. The second-order valence-electron chi connectivity index (χ2n) is 2.10. The van der Waals surface area contributed by atoms with Gasteiger partial charge in [-0.2, -0.15) is 0 Å². The zero-order chi connectivity index (χ0) is 5.40. The molecule has 3 N–H and O–H groups in total. The molecule has 46 valence electrons. The molecule has 2 fully saturated rings. The summed E-state index contributed by atoms with van der Waals surface area (Å²) in [6.07, 6.45) is 0. The molecule has 0 aliphatic carbocycles. The third-order valence-corrected chi connectivity index (χ3v) is 2.61. The van der Waals surface area contributed by atoms with Crippen molar-refractivity contribution in [3.8, 4) is 0 Å². The van der Waals surface area contributed by atoms with Gasteiger partial charge in [0.2, 0.25) is 0 Å². The largest absolute Gasteiger partial charge is 0.287 e. The van der Waals surface area contributed by atoms with E-state index in [9.17, 15) is 0 Å². The van der Waals surface area contributed by atoms with Crippen molar-refractivity contribution in [1.29, 1.82) is 0 Å². The summed E-state index contributed by atoms with van der Waals surface area (Å²) < 4.78 is 0. The predicted octanol–water partition coefficient (Wildman–Crippen LogP) is -0.917. The lowest BCUT2D eigenvalue weighted by atomic mass is 10.3. The lowest BCUT2D eigenvalue weighted by Gasteiger charge is -2.21. The number of hydrazine groups is 1. The fraction of sp³-hybridized carbons (Fsp3) is 1.00. The van der Waals surface area contributed by atoms with E-state index in [4.69, 9.17) is 0 Å². The molecule has 2 saturated heterocycles. The highest BCUT2D eigenvalue weighted by atomic mass is 32.2. The molecule has 2 aliphatic rings. The summed E-state index contributed by atoms with van der Waals surface area (Å²) in [5.41, 5.74) is 6.69. The highest BCUT2D eigenvalue weighted by Gasteiger charge is 2.27. The number of hydrogen-bond donors (Lipinski definition) is 3. The molecule has 2 atom stereocenters. The first kappa shape index (κ1) is 5.05.